The van der Waals surface area contributed by atoms with E-state index in [4.69, 9.17) is 4.74 Å². The molecule has 4 rings (SSSR count). The lowest BCUT2D eigenvalue weighted by atomic mass is 10.1. The standard InChI is InChI=1S/C31H44N4O2/c1-6-35(31(36)30-24(2)34(5)29-15-10-9-14-28(29)30)22-21-33(4)26-16-18-27(19-17-26)37-23-11-20-32(3)25-12-7-8-13-25/h9-10,14-19,25H,6-8,11-13,20-23H2,1-5H3. The molecule has 1 saturated carbocycles. The van der Waals surface area contributed by atoms with Gasteiger partial charge in [0, 0.05) is 68.6 Å². The molecule has 0 bridgehead atoms. The summed E-state index contributed by atoms with van der Waals surface area (Å²) in [6, 6.07) is 17.2. The summed E-state index contributed by atoms with van der Waals surface area (Å²) in [6.45, 7) is 8.03. The van der Waals surface area contributed by atoms with Crippen LogP contribution in [0.3, 0.4) is 0 Å². The van der Waals surface area contributed by atoms with E-state index < -0.39 is 0 Å². The van der Waals surface area contributed by atoms with Crippen LogP contribution < -0.4 is 9.64 Å². The van der Waals surface area contributed by atoms with Crippen molar-refractivity contribution in [1.82, 2.24) is 14.4 Å². The van der Waals surface area contributed by atoms with Crippen LogP contribution in [-0.4, -0.2) is 73.2 Å². The minimum atomic E-state index is 0.104. The first kappa shape index (κ1) is 27.1. The number of likely N-dealkylation sites (N-methyl/N-ethyl adjacent to an activating group) is 2. The minimum Gasteiger partial charge on any atom is -0.494 e. The summed E-state index contributed by atoms with van der Waals surface area (Å²) < 4.78 is 8.11. The van der Waals surface area contributed by atoms with Crippen LogP contribution in [0.25, 0.3) is 10.9 Å². The second-order valence-electron chi connectivity index (χ2n) is 10.5. The van der Waals surface area contributed by atoms with E-state index in [1.165, 1.54) is 25.7 Å². The second-order valence-corrected chi connectivity index (χ2v) is 10.5. The van der Waals surface area contributed by atoms with E-state index in [1.807, 2.05) is 37.1 Å². The predicted octanol–water partition coefficient (Wildman–Crippen LogP) is 5.73. The molecule has 200 valence electrons. The SMILES string of the molecule is CCN(CCN(C)c1ccc(OCCCN(C)C2CCCC2)cc1)C(=O)c1c(C)n(C)c2ccccc12. The van der Waals surface area contributed by atoms with Gasteiger partial charge in [-0.1, -0.05) is 31.0 Å². The smallest absolute Gasteiger partial charge is 0.256 e. The molecule has 1 fully saturated rings. The number of ether oxygens (including phenoxy) is 1. The zero-order valence-corrected chi connectivity index (χ0v) is 23.4. The lowest BCUT2D eigenvalue weighted by Gasteiger charge is -2.26. The zero-order chi connectivity index (χ0) is 26.4. The number of benzene rings is 2. The van der Waals surface area contributed by atoms with E-state index >= 15 is 0 Å². The van der Waals surface area contributed by atoms with Crippen LogP contribution in [0.4, 0.5) is 5.69 Å². The van der Waals surface area contributed by atoms with Crippen molar-refractivity contribution in [3.05, 3.63) is 59.8 Å². The fourth-order valence-electron chi connectivity index (χ4n) is 5.58. The Bertz CT molecular complexity index is 1160. The summed E-state index contributed by atoms with van der Waals surface area (Å²) in [5.74, 6) is 1.02. The van der Waals surface area contributed by atoms with E-state index in [0.717, 1.165) is 65.8 Å². The van der Waals surface area contributed by atoms with Crippen LogP contribution in [0.5, 0.6) is 5.75 Å². The van der Waals surface area contributed by atoms with Crippen LogP contribution in [-0.2, 0) is 7.05 Å². The Morgan fingerprint density at radius 2 is 1.70 bits per heavy atom. The van der Waals surface area contributed by atoms with Gasteiger partial charge in [0.1, 0.15) is 5.75 Å². The van der Waals surface area contributed by atoms with E-state index in [1.54, 1.807) is 0 Å². The first-order valence-corrected chi connectivity index (χ1v) is 13.9. The van der Waals surface area contributed by atoms with Gasteiger partial charge in [0.05, 0.1) is 12.2 Å². The molecule has 0 saturated heterocycles. The lowest BCUT2D eigenvalue weighted by Crippen LogP contribution is -2.37. The molecule has 6 heteroatoms. The van der Waals surface area contributed by atoms with Crippen LogP contribution in [0.1, 0.15) is 55.1 Å². The molecule has 1 amide bonds. The highest BCUT2D eigenvalue weighted by Gasteiger charge is 2.23. The third kappa shape index (κ3) is 6.30. The van der Waals surface area contributed by atoms with E-state index in [9.17, 15) is 4.79 Å². The largest absolute Gasteiger partial charge is 0.494 e. The summed E-state index contributed by atoms with van der Waals surface area (Å²) in [4.78, 5) is 20.2. The Morgan fingerprint density at radius 3 is 2.41 bits per heavy atom. The zero-order valence-electron chi connectivity index (χ0n) is 23.4. The van der Waals surface area contributed by atoms with Crippen molar-refractivity contribution in [3.63, 3.8) is 0 Å². The maximum atomic E-state index is 13.5. The van der Waals surface area contributed by atoms with E-state index in [-0.39, 0.29) is 5.91 Å². The molecule has 0 unspecified atom stereocenters. The third-order valence-corrected chi connectivity index (χ3v) is 8.14. The summed E-state index contributed by atoms with van der Waals surface area (Å²) in [6.07, 6.45) is 6.50. The molecule has 37 heavy (non-hydrogen) atoms. The molecular formula is C31H44N4O2. The van der Waals surface area contributed by atoms with Gasteiger partial charge in [-0.3, -0.25) is 4.79 Å². The van der Waals surface area contributed by atoms with Crippen molar-refractivity contribution < 1.29 is 9.53 Å². The minimum absolute atomic E-state index is 0.104. The fourth-order valence-corrected chi connectivity index (χ4v) is 5.58. The van der Waals surface area contributed by atoms with Gasteiger partial charge < -0.3 is 24.0 Å². The first-order valence-electron chi connectivity index (χ1n) is 13.9. The summed E-state index contributed by atoms with van der Waals surface area (Å²) in [5.41, 5.74) is 4.05. The van der Waals surface area contributed by atoms with Gasteiger partial charge in [0.2, 0.25) is 0 Å². The molecule has 0 radical (unpaired) electrons. The Labute approximate surface area is 222 Å². The number of rotatable bonds is 12. The Morgan fingerprint density at radius 1 is 1.00 bits per heavy atom. The lowest BCUT2D eigenvalue weighted by molar-refractivity contribution is 0.0769. The molecule has 0 spiro atoms. The highest BCUT2D eigenvalue weighted by atomic mass is 16.5. The number of fused-ring (bicyclic) bond motifs is 1. The van der Waals surface area contributed by atoms with Gasteiger partial charge in [0.25, 0.3) is 5.91 Å². The highest BCUT2D eigenvalue weighted by molar-refractivity contribution is 6.08. The quantitative estimate of drug-likeness (QED) is 0.296. The number of amides is 1. The van der Waals surface area contributed by atoms with Crippen molar-refractivity contribution in [2.75, 3.05) is 51.8 Å². The van der Waals surface area contributed by atoms with E-state index in [0.29, 0.717) is 13.1 Å². The molecule has 6 nitrogen and oxygen atoms in total. The highest BCUT2D eigenvalue weighted by Crippen LogP contribution is 2.26. The maximum Gasteiger partial charge on any atom is 0.256 e. The number of para-hydroxylation sites is 1. The maximum absolute atomic E-state index is 13.5. The third-order valence-electron chi connectivity index (χ3n) is 8.14. The normalized spacial score (nSPS) is 14.0. The number of carbonyl (C=O) groups excluding carboxylic acids is 1. The monoisotopic (exact) mass is 504 g/mol. The van der Waals surface area contributed by atoms with Crippen molar-refractivity contribution >= 4 is 22.5 Å². The topological polar surface area (TPSA) is 41.0 Å². The van der Waals surface area contributed by atoms with Gasteiger partial charge in [-0.15, -0.1) is 0 Å². The predicted molar refractivity (Wildman–Crippen MR) is 154 cm³/mol. The molecule has 0 aliphatic heterocycles. The van der Waals surface area contributed by atoms with Gasteiger partial charge in [0.15, 0.2) is 0 Å². The average molecular weight is 505 g/mol. The molecule has 1 aliphatic rings. The molecule has 1 aromatic heterocycles. The van der Waals surface area contributed by atoms with Crippen LogP contribution in [0.2, 0.25) is 0 Å². The Hall–Kier alpha value is -2.99. The molecule has 2 aromatic carbocycles. The van der Waals surface area contributed by atoms with Gasteiger partial charge in [-0.2, -0.15) is 0 Å². The van der Waals surface area contributed by atoms with Crippen LogP contribution >= 0.6 is 0 Å². The number of carbonyl (C=O) groups is 1. The molecule has 1 heterocycles. The number of hydrogen-bond acceptors (Lipinski definition) is 4. The van der Waals surface area contributed by atoms with Crippen molar-refractivity contribution in [2.45, 2.75) is 52.0 Å². The van der Waals surface area contributed by atoms with Gasteiger partial charge in [-0.25, -0.2) is 0 Å². The molecule has 0 N–H and O–H groups in total. The number of hydrogen-bond donors (Lipinski definition) is 0. The van der Waals surface area contributed by atoms with Gasteiger partial charge in [-0.05, 0) is 70.5 Å². The van der Waals surface area contributed by atoms with Crippen molar-refractivity contribution in [2.24, 2.45) is 7.05 Å². The molecule has 3 aromatic rings. The number of aryl methyl sites for hydroxylation is 1. The van der Waals surface area contributed by atoms with Crippen molar-refractivity contribution in [3.8, 4) is 5.75 Å². The Kier molecular flexibility index (Phi) is 9.14. The van der Waals surface area contributed by atoms with Crippen LogP contribution in [0, 0.1) is 6.92 Å². The van der Waals surface area contributed by atoms with E-state index in [2.05, 4.69) is 65.7 Å². The average Bonchev–Trinajstić information content (AvgIpc) is 3.54. The van der Waals surface area contributed by atoms with Gasteiger partial charge >= 0.3 is 0 Å². The van der Waals surface area contributed by atoms with Crippen molar-refractivity contribution in [1.29, 1.82) is 0 Å². The first-order chi connectivity index (χ1) is 17.9. The second kappa shape index (κ2) is 12.5. The van der Waals surface area contributed by atoms with Crippen LogP contribution in [0.15, 0.2) is 48.5 Å². The summed E-state index contributed by atoms with van der Waals surface area (Å²) in [5, 5.41) is 1.03. The summed E-state index contributed by atoms with van der Waals surface area (Å²) in [7, 11) is 6.36. The molecular weight excluding hydrogens is 460 g/mol. The molecule has 1 aliphatic carbocycles. The molecule has 0 atom stereocenters. The Balaban J connectivity index is 1.27. The summed E-state index contributed by atoms with van der Waals surface area (Å²) >= 11 is 0. The number of nitrogens with zero attached hydrogens (tertiary/aromatic N) is 4. The fraction of sp³-hybridized carbons (Fsp3) is 0.516. The number of aromatic nitrogens is 1. The number of anilines is 1.